The first kappa shape index (κ1) is 9.53. The monoisotopic (exact) mass is 170 g/mol. The minimum atomic E-state index is -0.616. The summed E-state index contributed by atoms with van der Waals surface area (Å²) in [6, 6.07) is 0. The van der Waals surface area contributed by atoms with E-state index >= 15 is 0 Å². The number of ether oxygens (including phenoxy) is 2. The van der Waals surface area contributed by atoms with Crippen LogP contribution in [0.4, 0.5) is 0 Å². The van der Waals surface area contributed by atoms with Gasteiger partial charge in [0, 0.05) is 26.6 Å². The first-order chi connectivity index (χ1) is 5.75. The predicted octanol–water partition coefficient (Wildman–Crippen LogP) is 0.176. The third-order valence-electron chi connectivity index (χ3n) is 2.34. The van der Waals surface area contributed by atoms with Gasteiger partial charge in [-0.1, -0.05) is 0 Å². The zero-order chi connectivity index (χ0) is 9.03. The summed E-state index contributed by atoms with van der Waals surface area (Å²) in [5.74, 6) is 2.42. The number of methoxy groups -OCH3 is 1. The number of hydrogen-bond donors (Lipinski definition) is 1. The van der Waals surface area contributed by atoms with Crippen LogP contribution in [0, 0.1) is 12.3 Å². The molecular formula is C9H14O3. The molecule has 0 saturated carbocycles. The van der Waals surface area contributed by atoms with E-state index in [2.05, 4.69) is 5.92 Å². The molecule has 0 radical (unpaired) electrons. The molecule has 68 valence electrons. The smallest absolute Gasteiger partial charge is 0.120 e. The van der Waals surface area contributed by atoms with E-state index in [0.29, 0.717) is 26.1 Å². The summed E-state index contributed by atoms with van der Waals surface area (Å²) in [4.78, 5) is 0. The molecule has 1 fully saturated rings. The first-order valence-electron chi connectivity index (χ1n) is 3.99. The topological polar surface area (TPSA) is 38.7 Å². The molecule has 2 unspecified atom stereocenters. The van der Waals surface area contributed by atoms with Gasteiger partial charge in [0.15, 0.2) is 0 Å². The molecule has 0 amide bonds. The van der Waals surface area contributed by atoms with Gasteiger partial charge in [0.1, 0.15) is 5.60 Å². The molecule has 0 aromatic rings. The van der Waals surface area contributed by atoms with Crippen LogP contribution in [0.2, 0.25) is 0 Å². The second-order valence-electron chi connectivity index (χ2n) is 3.00. The van der Waals surface area contributed by atoms with Crippen molar-refractivity contribution in [2.45, 2.75) is 24.5 Å². The van der Waals surface area contributed by atoms with Crippen LogP contribution in [-0.2, 0) is 9.47 Å². The van der Waals surface area contributed by atoms with Crippen LogP contribution in [-0.4, -0.2) is 37.1 Å². The number of aliphatic hydroxyl groups is 1. The lowest BCUT2D eigenvalue weighted by Gasteiger charge is -2.30. The third kappa shape index (κ3) is 1.61. The maximum atomic E-state index is 9.65. The Kier molecular flexibility index (Phi) is 3.10. The molecule has 3 nitrogen and oxygen atoms in total. The molecule has 1 aliphatic heterocycles. The van der Waals surface area contributed by atoms with Crippen LogP contribution < -0.4 is 0 Å². The molecule has 0 bridgehead atoms. The molecule has 0 spiro atoms. The molecule has 1 heterocycles. The maximum Gasteiger partial charge on any atom is 0.120 e. The summed E-state index contributed by atoms with van der Waals surface area (Å²) in [5.41, 5.74) is -0.563. The lowest BCUT2D eigenvalue weighted by atomic mass is 9.93. The zero-order valence-electron chi connectivity index (χ0n) is 7.25. The Labute approximate surface area is 72.7 Å². The van der Waals surface area contributed by atoms with Crippen molar-refractivity contribution in [3.63, 3.8) is 0 Å². The van der Waals surface area contributed by atoms with E-state index in [4.69, 9.17) is 15.9 Å². The number of terminal acetylenes is 1. The molecular weight excluding hydrogens is 156 g/mol. The van der Waals surface area contributed by atoms with E-state index in [1.54, 1.807) is 7.11 Å². The highest BCUT2D eigenvalue weighted by Gasteiger charge is 2.41. The van der Waals surface area contributed by atoms with Gasteiger partial charge in [0.25, 0.3) is 0 Å². The van der Waals surface area contributed by atoms with Crippen molar-refractivity contribution in [3.05, 3.63) is 0 Å². The van der Waals surface area contributed by atoms with E-state index in [9.17, 15) is 5.11 Å². The average Bonchev–Trinajstić information content (AvgIpc) is 2.54. The molecule has 2 atom stereocenters. The van der Waals surface area contributed by atoms with Crippen LogP contribution >= 0.6 is 0 Å². The minimum absolute atomic E-state index is 0.317. The van der Waals surface area contributed by atoms with Crippen molar-refractivity contribution in [3.8, 4) is 12.3 Å². The summed E-state index contributed by atoms with van der Waals surface area (Å²) in [5, 5.41) is 9.65. The van der Waals surface area contributed by atoms with Crippen LogP contribution in [0.15, 0.2) is 0 Å². The molecule has 12 heavy (non-hydrogen) atoms. The minimum Gasteiger partial charge on any atom is -0.389 e. The fourth-order valence-electron chi connectivity index (χ4n) is 1.42. The van der Waals surface area contributed by atoms with Gasteiger partial charge >= 0.3 is 0 Å². The highest BCUT2D eigenvalue weighted by Crippen LogP contribution is 2.27. The summed E-state index contributed by atoms with van der Waals surface area (Å²) in [6.07, 6.45) is 5.52. The molecule has 1 saturated heterocycles. The van der Waals surface area contributed by atoms with E-state index in [0.717, 1.165) is 0 Å². The summed E-state index contributed by atoms with van der Waals surface area (Å²) >= 11 is 0. The second kappa shape index (κ2) is 3.90. The fourth-order valence-corrected chi connectivity index (χ4v) is 1.42. The van der Waals surface area contributed by atoms with Crippen molar-refractivity contribution in [2.24, 2.45) is 0 Å². The van der Waals surface area contributed by atoms with Gasteiger partial charge in [-0.25, -0.2) is 0 Å². The lowest BCUT2D eigenvalue weighted by molar-refractivity contribution is -0.100. The number of hydrogen-bond acceptors (Lipinski definition) is 3. The summed E-state index contributed by atoms with van der Waals surface area (Å²) in [6.45, 7) is 1.07. The molecule has 1 N–H and O–H groups in total. The maximum absolute atomic E-state index is 9.65. The number of rotatable bonds is 3. The van der Waals surface area contributed by atoms with Crippen molar-refractivity contribution >= 4 is 0 Å². The molecule has 3 heteroatoms. The first-order valence-corrected chi connectivity index (χ1v) is 3.99. The van der Waals surface area contributed by atoms with E-state index in [-0.39, 0.29) is 0 Å². The Balaban J connectivity index is 2.60. The average molecular weight is 170 g/mol. The largest absolute Gasteiger partial charge is 0.389 e. The van der Waals surface area contributed by atoms with Crippen LogP contribution in [0.1, 0.15) is 12.8 Å². The standard InChI is InChI=1S/C9H14O3/c1-3-4-8(10)9(11-2)5-6-12-7-9/h1,8,10H,4-7H2,2H3. The number of aliphatic hydroxyl groups excluding tert-OH is 1. The van der Waals surface area contributed by atoms with E-state index in [1.165, 1.54) is 0 Å². The SMILES string of the molecule is C#CCC(O)C1(OC)CCOC1. The van der Waals surface area contributed by atoms with Gasteiger partial charge in [-0.3, -0.25) is 0 Å². The quantitative estimate of drug-likeness (QED) is 0.614. The Morgan fingerprint density at radius 2 is 2.58 bits per heavy atom. The van der Waals surface area contributed by atoms with Gasteiger partial charge in [-0.15, -0.1) is 12.3 Å². The normalized spacial score (nSPS) is 31.4. The van der Waals surface area contributed by atoms with Crippen molar-refractivity contribution in [1.82, 2.24) is 0 Å². The highest BCUT2D eigenvalue weighted by molar-refractivity contribution is 4.98. The van der Waals surface area contributed by atoms with Crippen LogP contribution in [0.5, 0.6) is 0 Å². The Bertz CT molecular complexity index is 177. The molecule has 1 aliphatic rings. The van der Waals surface area contributed by atoms with Gasteiger partial charge in [0.05, 0.1) is 12.7 Å². The Morgan fingerprint density at radius 1 is 1.83 bits per heavy atom. The molecule has 0 aromatic carbocycles. The van der Waals surface area contributed by atoms with Crippen LogP contribution in [0.3, 0.4) is 0 Å². The van der Waals surface area contributed by atoms with E-state index in [1.807, 2.05) is 0 Å². The Hall–Kier alpha value is -0.560. The van der Waals surface area contributed by atoms with Crippen molar-refractivity contribution in [1.29, 1.82) is 0 Å². The van der Waals surface area contributed by atoms with E-state index < -0.39 is 11.7 Å². The van der Waals surface area contributed by atoms with Gasteiger partial charge < -0.3 is 14.6 Å². The predicted molar refractivity (Wildman–Crippen MR) is 44.6 cm³/mol. The van der Waals surface area contributed by atoms with Gasteiger partial charge in [-0.2, -0.15) is 0 Å². The molecule has 1 rings (SSSR count). The van der Waals surface area contributed by atoms with Crippen LogP contribution in [0.25, 0.3) is 0 Å². The van der Waals surface area contributed by atoms with Crippen molar-refractivity contribution in [2.75, 3.05) is 20.3 Å². The van der Waals surface area contributed by atoms with Gasteiger partial charge in [-0.05, 0) is 0 Å². The van der Waals surface area contributed by atoms with Crippen molar-refractivity contribution < 1.29 is 14.6 Å². The Morgan fingerprint density at radius 3 is 3.00 bits per heavy atom. The zero-order valence-corrected chi connectivity index (χ0v) is 7.25. The summed E-state index contributed by atoms with van der Waals surface area (Å²) < 4.78 is 10.4. The molecule has 0 aliphatic carbocycles. The second-order valence-corrected chi connectivity index (χ2v) is 3.00. The lowest BCUT2D eigenvalue weighted by Crippen LogP contribution is -2.44. The molecule has 0 aromatic heterocycles. The van der Waals surface area contributed by atoms with Gasteiger partial charge in [0.2, 0.25) is 0 Å². The highest BCUT2D eigenvalue weighted by atomic mass is 16.6. The summed E-state index contributed by atoms with van der Waals surface area (Å²) in [7, 11) is 1.58. The third-order valence-corrected chi connectivity index (χ3v) is 2.34. The fraction of sp³-hybridized carbons (Fsp3) is 0.778.